The van der Waals surface area contributed by atoms with Crippen LogP contribution in [-0.4, -0.2) is 74.7 Å². The Morgan fingerprint density at radius 3 is 2.72 bits per heavy atom. The smallest absolute Gasteiger partial charge is 0.158 e. The lowest BCUT2D eigenvalue weighted by atomic mass is 9.97. The molecule has 1 saturated heterocycles. The van der Waals surface area contributed by atoms with Gasteiger partial charge in [-0.3, -0.25) is 0 Å². The fourth-order valence-corrected chi connectivity index (χ4v) is 3.83. The molecule has 32 heavy (non-hydrogen) atoms. The third-order valence-corrected chi connectivity index (χ3v) is 5.90. The highest BCUT2D eigenvalue weighted by atomic mass is 16.5. The van der Waals surface area contributed by atoms with Crippen molar-refractivity contribution in [3.63, 3.8) is 0 Å². The van der Waals surface area contributed by atoms with Gasteiger partial charge in [0, 0.05) is 32.9 Å². The van der Waals surface area contributed by atoms with E-state index in [-0.39, 0.29) is 12.5 Å². The fourth-order valence-electron chi connectivity index (χ4n) is 3.83. The summed E-state index contributed by atoms with van der Waals surface area (Å²) in [4.78, 5) is 6.97. The SMILES string of the molecule is C=c1c(C(C)CCOCC)cc(NC)n/c1=C/C(OC[C@@H](O)CN1CCCC1)=C(\C)OC. The van der Waals surface area contributed by atoms with Gasteiger partial charge in [0.15, 0.2) is 5.76 Å². The number of allylic oxidation sites excluding steroid dienone is 2. The normalized spacial score (nSPS) is 17.8. The zero-order valence-electron chi connectivity index (χ0n) is 20.4. The van der Waals surface area contributed by atoms with E-state index in [1.54, 1.807) is 7.11 Å². The predicted molar refractivity (Wildman–Crippen MR) is 130 cm³/mol. The first kappa shape index (κ1) is 26.2. The quantitative estimate of drug-likeness (QED) is 0.355. The van der Waals surface area contributed by atoms with Crippen molar-refractivity contribution in [2.45, 2.75) is 52.1 Å². The lowest BCUT2D eigenvalue weighted by Gasteiger charge is -2.20. The molecule has 0 aliphatic carbocycles. The number of rotatable bonds is 13. The summed E-state index contributed by atoms with van der Waals surface area (Å²) in [5, 5.41) is 15.2. The Kier molecular flexibility index (Phi) is 11.0. The first-order chi connectivity index (χ1) is 15.4. The van der Waals surface area contributed by atoms with Crippen molar-refractivity contribution in [3.8, 4) is 0 Å². The van der Waals surface area contributed by atoms with Crippen molar-refractivity contribution in [1.29, 1.82) is 0 Å². The lowest BCUT2D eigenvalue weighted by molar-refractivity contribution is 0.0488. The molecule has 1 aromatic heterocycles. The maximum atomic E-state index is 10.4. The zero-order valence-corrected chi connectivity index (χ0v) is 20.4. The Labute approximate surface area is 192 Å². The predicted octanol–water partition coefficient (Wildman–Crippen LogP) is 2.20. The highest BCUT2D eigenvalue weighted by molar-refractivity contribution is 5.48. The molecule has 2 rings (SSSR count). The topological polar surface area (TPSA) is 76.1 Å². The van der Waals surface area contributed by atoms with Crippen LogP contribution in [0.4, 0.5) is 5.82 Å². The molecule has 1 fully saturated rings. The van der Waals surface area contributed by atoms with Gasteiger partial charge in [-0.05, 0) is 69.0 Å². The molecule has 2 heterocycles. The van der Waals surface area contributed by atoms with Gasteiger partial charge in [0.2, 0.25) is 0 Å². The summed E-state index contributed by atoms with van der Waals surface area (Å²) in [7, 11) is 3.46. The molecule has 180 valence electrons. The number of anilines is 1. The van der Waals surface area contributed by atoms with Gasteiger partial charge in [0.05, 0.1) is 12.5 Å². The molecule has 1 aromatic rings. The van der Waals surface area contributed by atoms with E-state index < -0.39 is 6.10 Å². The molecule has 0 saturated carbocycles. The van der Waals surface area contributed by atoms with E-state index in [0.717, 1.165) is 41.5 Å². The highest BCUT2D eigenvalue weighted by Crippen LogP contribution is 2.17. The van der Waals surface area contributed by atoms with Crippen molar-refractivity contribution in [3.05, 3.63) is 33.7 Å². The van der Waals surface area contributed by atoms with Gasteiger partial charge in [-0.15, -0.1) is 0 Å². The summed E-state index contributed by atoms with van der Waals surface area (Å²) in [6.07, 6.45) is 4.58. The fraction of sp³-hybridized carbons (Fsp3) is 0.640. The summed E-state index contributed by atoms with van der Waals surface area (Å²) < 4.78 is 17.0. The van der Waals surface area contributed by atoms with Crippen LogP contribution in [0.15, 0.2) is 17.6 Å². The van der Waals surface area contributed by atoms with Crippen LogP contribution in [0, 0.1) is 0 Å². The summed E-state index contributed by atoms with van der Waals surface area (Å²) in [6, 6.07) is 2.05. The Hall–Kier alpha value is -2.09. The minimum atomic E-state index is -0.564. The molecule has 0 aromatic carbocycles. The van der Waals surface area contributed by atoms with Crippen LogP contribution < -0.4 is 15.9 Å². The number of nitrogens with zero attached hydrogens (tertiary/aromatic N) is 2. The molecule has 1 unspecified atom stereocenters. The largest absolute Gasteiger partial charge is 0.498 e. The van der Waals surface area contributed by atoms with E-state index in [0.29, 0.717) is 31.3 Å². The number of pyridine rings is 1. The van der Waals surface area contributed by atoms with Gasteiger partial charge >= 0.3 is 0 Å². The molecule has 7 nitrogen and oxygen atoms in total. The van der Waals surface area contributed by atoms with Crippen molar-refractivity contribution >= 4 is 18.5 Å². The number of hydrogen-bond donors (Lipinski definition) is 2. The molecule has 2 atom stereocenters. The van der Waals surface area contributed by atoms with Gasteiger partial charge in [0.1, 0.15) is 24.3 Å². The van der Waals surface area contributed by atoms with Crippen molar-refractivity contribution in [2.75, 3.05) is 58.9 Å². The first-order valence-electron chi connectivity index (χ1n) is 11.6. The average Bonchev–Trinajstić information content (AvgIpc) is 3.30. The third kappa shape index (κ3) is 7.80. The average molecular weight is 448 g/mol. The molecule has 0 spiro atoms. The number of aliphatic hydroxyl groups excluding tert-OH is 1. The highest BCUT2D eigenvalue weighted by Gasteiger charge is 2.17. The van der Waals surface area contributed by atoms with E-state index in [9.17, 15) is 5.11 Å². The van der Waals surface area contributed by atoms with Gasteiger partial charge < -0.3 is 29.5 Å². The number of ether oxygens (including phenoxy) is 3. The van der Waals surface area contributed by atoms with Gasteiger partial charge in [-0.25, -0.2) is 4.98 Å². The van der Waals surface area contributed by atoms with Crippen LogP contribution in [0.25, 0.3) is 12.7 Å². The Morgan fingerprint density at radius 1 is 1.38 bits per heavy atom. The number of aliphatic hydroxyl groups is 1. The number of hydrogen-bond acceptors (Lipinski definition) is 7. The number of aromatic nitrogens is 1. The molecule has 0 bridgehead atoms. The van der Waals surface area contributed by atoms with Crippen LogP contribution >= 0.6 is 0 Å². The van der Waals surface area contributed by atoms with Crippen molar-refractivity contribution in [2.24, 2.45) is 0 Å². The number of likely N-dealkylation sites (tertiary alicyclic amines) is 1. The minimum Gasteiger partial charge on any atom is -0.498 e. The molecular formula is C25H41N3O4. The van der Waals surface area contributed by atoms with Crippen molar-refractivity contribution < 1.29 is 19.3 Å². The molecule has 2 N–H and O–H groups in total. The molecule has 0 amide bonds. The summed E-state index contributed by atoms with van der Waals surface area (Å²) >= 11 is 0. The maximum Gasteiger partial charge on any atom is 0.158 e. The van der Waals surface area contributed by atoms with Gasteiger partial charge in [-0.1, -0.05) is 13.5 Å². The van der Waals surface area contributed by atoms with Crippen LogP contribution in [0.2, 0.25) is 0 Å². The minimum absolute atomic E-state index is 0.193. The van der Waals surface area contributed by atoms with Crippen LogP contribution in [0.5, 0.6) is 0 Å². The Bertz CT molecular complexity index is 849. The van der Waals surface area contributed by atoms with Gasteiger partial charge in [-0.2, -0.15) is 0 Å². The monoisotopic (exact) mass is 447 g/mol. The Morgan fingerprint density at radius 2 is 2.09 bits per heavy atom. The number of methoxy groups -OCH3 is 1. The van der Waals surface area contributed by atoms with E-state index in [1.807, 2.05) is 33.0 Å². The second-order valence-electron chi connectivity index (χ2n) is 8.34. The van der Waals surface area contributed by atoms with Gasteiger partial charge in [0.25, 0.3) is 0 Å². The van der Waals surface area contributed by atoms with Crippen LogP contribution in [0.3, 0.4) is 0 Å². The molecule has 1 aliphatic rings. The maximum absolute atomic E-state index is 10.4. The summed E-state index contributed by atoms with van der Waals surface area (Å²) in [5.74, 6) is 2.22. The van der Waals surface area contributed by atoms with E-state index in [4.69, 9.17) is 19.2 Å². The van der Waals surface area contributed by atoms with Crippen molar-refractivity contribution in [1.82, 2.24) is 9.88 Å². The number of β-amino-alcohol motifs (C(OH)–C–C–N with tert-alkyl or cyclic N) is 1. The second kappa shape index (κ2) is 13.5. The Balaban J connectivity index is 2.27. The zero-order chi connectivity index (χ0) is 23.5. The molecule has 0 radical (unpaired) electrons. The first-order valence-corrected chi connectivity index (χ1v) is 11.6. The molecular weight excluding hydrogens is 406 g/mol. The standard InChI is InChI=1S/C25H41N3O4/c1-7-31-13-10-18(2)22-14-25(26-5)27-23(19(22)3)15-24(20(4)30-6)32-17-21(29)16-28-11-8-9-12-28/h14-15,18,21,29H,3,7-13,16-17H2,1-2,4-6H3,(H,26,27)/b23-15+,24-20-/t18?,21-/m0/s1. The second-order valence-corrected chi connectivity index (χ2v) is 8.34. The summed E-state index contributed by atoms with van der Waals surface area (Å²) in [6.45, 7) is 14.6. The van der Waals surface area contributed by atoms with E-state index in [1.165, 1.54) is 12.8 Å². The van der Waals surface area contributed by atoms with E-state index in [2.05, 4.69) is 23.7 Å². The lowest BCUT2D eigenvalue weighted by Crippen LogP contribution is -2.34. The number of nitrogens with one attached hydrogen (secondary N) is 1. The third-order valence-electron chi connectivity index (χ3n) is 5.90. The van der Waals surface area contributed by atoms with Crippen LogP contribution in [-0.2, 0) is 14.2 Å². The summed E-state index contributed by atoms with van der Waals surface area (Å²) in [5.41, 5.74) is 1.12. The van der Waals surface area contributed by atoms with E-state index >= 15 is 0 Å². The molecule has 7 heteroatoms. The van der Waals surface area contributed by atoms with Crippen LogP contribution in [0.1, 0.15) is 51.5 Å². The molecule has 1 aliphatic heterocycles.